The number of methoxy groups -OCH3 is 1. The van der Waals surface area contributed by atoms with Gasteiger partial charge in [-0.05, 0) is 35.8 Å². The number of aliphatic carboxylic acids is 1. The predicted molar refractivity (Wildman–Crippen MR) is 80.0 cm³/mol. The number of rotatable bonds is 6. The molecule has 0 aliphatic rings. The van der Waals surface area contributed by atoms with Crippen LogP contribution in [0.25, 0.3) is 0 Å². The Balaban J connectivity index is 3.11. The zero-order chi connectivity index (χ0) is 16.4. The van der Waals surface area contributed by atoms with Crippen LogP contribution in [0, 0.1) is 0 Å². The average molecular weight is 400 g/mol. The Morgan fingerprint density at radius 3 is 2.52 bits per heavy atom. The van der Waals surface area contributed by atoms with Crippen molar-refractivity contribution in [2.45, 2.75) is 30.7 Å². The summed E-state index contributed by atoms with van der Waals surface area (Å²) < 4.78 is 31.7. The molecule has 0 fully saturated rings. The molecule has 0 atom stereocenters. The second-order valence-electron chi connectivity index (χ2n) is 4.80. The van der Waals surface area contributed by atoms with Crippen molar-refractivity contribution in [2.75, 3.05) is 7.11 Å². The van der Waals surface area contributed by atoms with E-state index in [2.05, 4.69) is 25.4 Å². The van der Waals surface area contributed by atoms with Crippen LogP contribution in [0.1, 0.15) is 29.9 Å². The van der Waals surface area contributed by atoms with Crippen LogP contribution < -0.4 is 4.72 Å². The Kier molecular flexibility index (Phi) is 5.53. The molecule has 21 heavy (non-hydrogen) atoms. The van der Waals surface area contributed by atoms with Crippen LogP contribution >= 0.6 is 27.3 Å². The third kappa shape index (κ3) is 4.77. The van der Waals surface area contributed by atoms with Crippen molar-refractivity contribution in [3.05, 3.63) is 14.7 Å². The van der Waals surface area contributed by atoms with Gasteiger partial charge in [-0.2, -0.15) is 0 Å². The summed E-state index contributed by atoms with van der Waals surface area (Å²) in [7, 11) is -2.78. The van der Waals surface area contributed by atoms with Crippen LogP contribution in [0.5, 0.6) is 0 Å². The largest absolute Gasteiger partial charge is 0.481 e. The van der Waals surface area contributed by atoms with E-state index in [-0.39, 0.29) is 20.0 Å². The third-order valence-corrected chi connectivity index (χ3v) is 6.27. The zero-order valence-corrected chi connectivity index (χ0v) is 14.7. The number of carboxylic acid groups (broad SMARTS) is 1. The smallest absolute Gasteiger partial charge is 0.348 e. The number of esters is 1. The molecule has 118 valence electrons. The third-order valence-electron chi connectivity index (χ3n) is 2.34. The number of hydrogen-bond donors (Lipinski definition) is 2. The maximum atomic E-state index is 12.3. The number of ether oxygens (including phenoxy) is 1. The molecular formula is C11H14BrNO6S2. The summed E-state index contributed by atoms with van der Waals surface area (Å²) in [5.41, 5.74) is -1.17. The Hall–Kier alpha value is -0.970. The molecule has 7 nitrogen and oxygen atoms in total. The van der Waals surface area contributed by atoms with E-state index in [1.165, 1.54) is 27.0 Å². The van der Waals surface area contributed by atoms with Crippen LogP contribution in [0.4, 0.5) is 0 Å². The second kappa shape index (κ2) is 6.42. The molecule has 0 aliphatic carbocycles. The van der Waals surface area contributed by atoms with E-state index in [1.807, 2.05) is 0 Å². The molecule has 0 radical (unpaired) electrons. The van der Waals surface area contributed by atoms with Gasteiger partial charge in [-0.1, -0.05) is 0 Å². The fraction of sp³-hybridized carbons (Fsp3) is 0.455. The molecule has 0 bridgehead atoms. The van der Waals surface area contributed by atoms with Crippen molar-refractivity contribution in [3.63, 3.8) is 0 Å². The number of carbonyl (C=O) groups is 2. The number of halogens is 1. The van der Waals surface area contributed by atoms with Crippen molar-refractivity contribution in [2.24, 2.45) is 0 Å². The van der Waals surface area contributed by atoms with Gasteiger partial charge in [0.1, 0.15) is 9.77 Å². The van der Waals surface area contributed by atoms with Crippen molar-refractivity contribution >= 4 is 49.2 Å². The number of nitrogens with one attached hydrogen (secondary N) is 1. The Morgan fingerprint density at radius 1 is 1.48 bits per heavy atom. The summed E-state index contributed by atoms with van der Waals surface area (Å²) in [6.45, 7) is 2.92. The van der Waals surface area contributed by atoms with Gasteiger partial charge in [0.25, 0.3) is 0 Å². The highest BCUT2D eigenvalue weighted by Crippen LogP contribution is 2.32. The van der Waals surface area contributed by atoms with Gasteiger partial charge in [-0.15, -0.1) is 11.3 Å². The topological polar surface area (TPSA) is 110 Å². The first-order valence-electron chi connectivity index (χ1n) is 5.62. The summed E-state index contributed by atoms with van der Waals surface area (Å²) >= 11 is 4.00. The molecule has 0 saturated carbocycles. The molecule has 1 heterocycles. The highest BCUT2D eigenvalue weighted by Gasteiger charge is 2.31. The summed E-state index contributed by atoms with van der Waals surface area (Å²) in [6.07, 6.45) is -0.377. The lowest BCUT2D eigenvalue weighted by atomic mass is 10.0. The molecular weight excluding hydrogens is 386 g/mol. The van der Waals surface area contributed by atoms with Crippen molar-refractivity contribution in [1.29, 1.82) is 0 Å². The highest BCUT2D eigenvalue weighted by atomic mass is 79.9. The number of carboxylic acids is 1. The number of thiophene rings is 1. The van der Waals surface area contributed by atoms with Crippen LogP contribution in [0.15, 0.2) is 14.7 Å². The van der Waals surface area contributed by atoms with E-state index in [0.717, 1.165) is 11.3 Å². The second-order valence-corrected chi connectivity index (χ2v) is 8.82. The molecule has 0 unspecified atom stereocenters. The molecule has 0 amide bonds. The minimum Gasteiger partial charge on any atom is -0.481 e. The quantitative estimate of drug-likeness (QED) is 0.705. The maximum Gasteiger partial charge on any atom is 0.348 e. The molecule has 0 spiro atoms. The van der Waals surface area contributed by atoms with Crippen molar-refractivity contribution < 1.29 is 27.9 Å². The monoisotopic (exact) mass is 399 g/mol. The van der Waals surface area contributed by atoms with Gasteiger partial charge in [0.2, 0.25) is 10.0 Å². The molecule has 2 N–H and O–H groups in total. The summed E-state index contributed by atoms with van der Waals surface area (Å²) in [4.78, 5) is 22.1. The highest BCUT2D eigenvalue weighted by molar-refractivity contribution is 9.11. The summed E-state index contributed by atoms with van der Waals surface area (Å²) in [6, 6.07) is 1.18. The molecule has 1 aromatic heterocycles. The van der Waals surface area contributed by atoms with Gasteiger partial charge in [-0.3, -0.25) is 4.79 Å². The van der Waals surface area contributed by atoms with Gasteiger partial charge in [0, 0.05) is 5.54 Å². The Labute approximate surface area is 134 Å². The SMILES string of the molecule is COC(=O)c1cc(S(=O)(=O)NC(C)(C)CC(=O)O)c(Br)s1. The summed E-state index contributed by atoms with van der Waals surface area (Å²) in [5, 5.41) is 8.78. The van der Waals surface area contributed by atoms with E-state index in [1.54, 1.807) is 0 Å². The molecule has 1 aromatic rings. The minimum atomic E-state index is -3.97. The number of carbonyl (C=O) groups excluding carboxylic acids is 1. The molecule has 1 rings (SSSR count). The first-order valence-corrected chi connectivity index (χ1v) is 8.71. The van der Waals surface area contributed by atoms with Crippen LogP contribution in [-0.4, -0.2) is 38.1 Å². The molecule has 0 aromatic carbocycles. The lowest BCUT2D eigenvalue weighted by molar-refractivity contribution is -0.138. The van der Waals surface area contributed by atoms with Crippen LogP contribution in [0.2, 0.25) is 0 Å². The van der Waals surface area contributed by atoms with Gasteiger partial charge < -0.3 is 9.84 Å². The first kappa shape index (κ1) is 18.1. The lowest BCUT2D eigenvalue weighted by Crippen LogP contribution is -2.44. The van der Waals surface area contributed by atoms with Gasteiger partial charge in [0.15, 0.2) is 0 Å². The number of sulfonamides is 1. The first-order chi connectivity index (χ1) is 9.48. The normalized spacial score (nSPS) is 12.2. The van der Waals surface area contributed by atoms with E-state index in [0.29, 0.717) is 0 Å². The van der Waals surface area contributed by atoms with E-state index in [9.17, 15) is 18.0 Å². The van der Waals surface area contributed by atoms with E-state index >= 15 is 0 Å². The van der Waals surface area contributed by atoms with Gasteiger partial charge in [-0.25, -0.2) is 17.9 Å². The summed E-state index contributed by atoms with van der Waals surface area (Å²) in [5.74, 6) is -1.77. The minimum absolute atomic E-state index is 0.126. The van der Waals surface area contributed by atoms with Crippen molar-refractivity contribution in [3.8, 4) is 0 Å². The zero-order valence-electron chi connectivity index (χ0n) is 11.5. The molecule has 0 saturated heterocycles. The van der Waals surface area contributed by atoms with Gasteiger partial charge in [0.05, 0.1) is 17.3 Å². The Morgan fingerprint density at radius 2 is 2.05 bits per heavy atom. The number of hydrogen-bond acceptors (Lipinski definition) is 6. The molecule has 0 aliphatic heterocycles. The standard InChI is InChI=1S/C11H14BrNO6S2/c1-11(2,5-8(14)15)13-21(17,18)7-4-6(10(16)19-3)20-9(7)12/h4,13H,5H2,1-3H3,(H,14,15). The van der Waals surface area contributed by atoms with Crippen molar-refractivity contribution in [1.82, 2.24) is 4.72 Å². The van der Waals surface area contributed by atoms with E-state index < -0.39 is 27.5 Å². The maximum absolute atomic E-state index is 12.3. The predicted octanol–water partition coefficient (Wildman–Crippen LogP) is 1.83. The van der Waals surface area contributed by atoms with Crippen LogP contribution in [0.3, 0.4) is 0 Å². The average Bonchev–Trinajstić information content (AvgIpc) is 2.67. The van der Waals surface area contributed by atoms with Gasteiger partial charge >= 0.3 is 11.9 Å². The molecule has 10 heteroatoms. The van der Waals surface area contributed by atoms with Crippen LogP contribution in [-0.2, 0) is 19.6 Å². The fourth-order valence-corrected chi connectivity index (χ4v) is 5.46. The lowest BCUT2D eigenvalue weighted by Gasteiger charge is -2.23. The van der Waals surface area contributed by atoms with E-state index in [4.69, 9.17) is 5.11 Å². The fourth-order valence-electron chi connectivity index (χ4n) is 1.57. The Bertz CT molecular complexity index is 664.